The van der Waals surface area contributed by atoms with E-state index in [9.17, 15) is 9.59 Å². The molecule has 0 aliphatic carbocycles. The third-order valence-corrected chi connectivity index (χ3v) is 6.09. The monoisotopic (exact) mass is 443 g/mol. The van der Waals surface area contributed by atoms with E-state index in [0.29, 0.717) is 13.0 Å². The SMILES string of the molecule is CC(C)=CCCC(C)CC(=O)OC[C@H]1OC(=O)N[C@@H]1CN1CCN(c2ccccc2)CC1. The van der Waals surface area contributed by atoms with E-state index >= 15 is 0 Å². The van der Waals surface area contributed by atoms with Gasteiger partial charge in [0.15, 0.2) is 6.10 Å². The summed E-state index contributed by atoms with van der Waals surface area (Å²) in [5.74, 6) is 0.0342. The van der Waals surface area contributed by atoms with E-state index < -0.39 is 12.2 Å². The van der Waals surface area contributed by atoms with Crippen molar-refractivity contribution in [1.82, 2.24) is 10.2 Å². The first-order chi connectivity index (χ1) is 15.4. The van der Waals surface area contributed by atoms with Crippen molar-refractivity contribution in [1.29, 1.82) is 0 Å². The average Bonchev–Trinajstić information content (AvgIpc) is 3.12. The fourth-order valence-electron chi connectivity index (χ4n) is 4.19. The standard InChI is InChI=1S/C25H37N3O4/c1-19(2)8-7-9-20(3)16-24(29)31-18-23-22(26-25(30)32-23)17-27-12-14-28(15-13-27)21-10-5-4-6-11-21/h4-6,8,10-11,20,22-23H,7,9,12-18H2,1-3H3,(H,26,30)/t20?,22-,23-/m1/s1. The van der Waals surface area contributed by atoms with Crippen LogP contribution < -0.4 is 10.2 Å². The number of carbonyl (C=O) groups is 2. The number of nitrogens with zero attached hydrogens (tertiary/aromatic N) is 2. The summed E-state index contributed by atoms with van der Waals surface area (Å²) in [6, 6.07) is 10.2. The Bertz CT molecular complexity index is 771. The highest BCUT2D eigenvalue weighted by atomic mass is 16.6. The Kier molecular flexibility index (Phi) is 8.97. The van der Waals surface area contributed by atoms with Crippen LogP contribution in [0.3, 0.4) is 0 Å². The molecule has 32 heavy (non-hydrogen) atoms. The Hall–Kier alpha value is -2.54. The van der Waals surface area contributed by atoms with Gasteiger partial charge in [0, 0.05) is 44.8 Å². The lowest BCUT2D eigenvalue weighted by Gasteiger charge is -2.37. The van der Waals surface area contributed by atoms with Gasteiger partial charge in [-0.15, -0.1) is 0 Å². The second kappa shape index (κ2) is 11.9. The first-order valence-electron chi connectivity index (χ1n) is 11.7. The molecule has 7 heteroatoms. The molecule has 1 unspecified atom stereocenters. The number of allylic oxidation sites excluding steroid dienone is 2. The number of alkyl carbamates (subject to hydrolysis) is 1. The molecule has 0 aromatic heterocycles. The van der Waals surface area contributed by atoms with Crippen molar-refractivity contribution < 1.29 is 19.1 Å². The summed E-state index contributed by atoms with van der Waals surface area (Å²) >= 11 is 0. The predicted molar refractivity (Wildman–Crippen MR) is 126 cm³/mol. The molecule has 7 nitrogen and oxygen atoms in total. The minimum Gasteiger partial charge on any atom is -0.462 e. The fourth-order valence-corrected chi connectivity index (χ4v) is 4.19. The molecular weight excluding hydrogens is 406 g/mol. The molecule has 1 N–H and O–H groups in total. The molecule has 1 aromatic rings. The highest BCUT2D eigenvalue weighted by Gasteiger charge is 2.36. The summed E-state index contributed by atoms with van der Waals surface area (Å²) in [6.45, 7) is 10.7. The van der Waals surface area contributed by atoms with Gasteiger partial charge in [0.05, 0.1) is 6.04 Å². The van der Waals surface area contributed by atoms with Crippen LogP contribution in [0.1, 0.15) is 40.0 Å². The molecular formula is C25H37N3O4. The van der Waals surface area contributed by atoms with E-state index in [0.717, 1.165) is 39.0 Å². The van der Waals surface area contributed by atoms with Crippen LogP contribution in [-0.2, 0) is 14.3 Å². The van der Waals surface area contributed by atoms with Gasteiger partial charge >= 0.3 is 12.1 Å². The number of amides is 1. The van der Waals surface area contributed by atoms with Crippen LogP contribution in [0.2, 0.25) is 0 Å². The summed E-state index contributed by atoms with van der Waals surface area (Å²) in [5, 5.41) is 2.88. The molecule has 1 amide bonds. The van der Waals surface area contributed by atoms with Crippen molar-refractivity contribution in [2.45, 2.75) is 52.2 Å². The number of rotatable bonds is 10. The van der Waals surface area contributed by atoms with E-state index in [1.54, 1.807) is 0 Å². The zero-order valence-corrected chi connectivity index (χ0v) is 19.6. The number of piperazine rings is 1. The lowest BCUT2D eigenvalue weighted by molar-refractivity contribution is -0.147. The van der Waals surface area contributed by atoms with Gasteiger partial charge in [0.25, 0.3) is 0 Å². The van der Waals surface area contributed by atoms with Crippen LogP contribution >= 0.6 is 0 Å². The number of para-hydroxylation sites is 1. The second-order valence-corrected chi connectivity index (χ2v) is 9.17. The number of esters is 1. The zero-order chi connectivity index (χ0) is 22.9. The maximum absolute atomic E-state index is 12.2. The third kappa shape index (κ3) is 7.55. The smallest absolute Gasteiger partial charge is 0.408 e. The van der Waals surface area contributed by atoms with Gasteiger partial charge in [-0.3, -0.25) is 9.69 Å². The van der Waals surface area contributed by atoms with E-state index in [4.69, 9.17) is 9.47 Å². The Morgan fingerprint density at radius 1 is 1.22 bits per heavy atom. The van der Waals surface area contributed by atoms with Gasteiger partial charge in [0.2, 0.25) is 0 Å². The van der Waals surface area contributed by atoms with Crippen LogP contribution in [0, 0.1) is 5.92 Å². The quantitative estimate of drug-likeness (QED) is 0.440. The van der Waals surface area contributed by atoms with Crippen LogP contribution in [-0.4, -0.2) is 68.4 Å². The number of nitrogens with one attached hydrogen (secondary N) is 1. The van der Waals surface area contributed by atoms with Crippen LogP contribution in [0.15, 0.2) is 42.0 Å². The molecule has 0 bridgehead atoms. The minimum atomic E-state index is -0.445. The number of ether oxygens (including phenoxy) is 2. The highest BCUT2D eigenvalue weighted by molar-refractivity contribution is 5.71. The van der Waals surface area contributed by atoms with Gasteiger partial charge in [-0.05, 0) is 44.7 Å². The number of cyclic esters (lactones) is 1. The molecule has 2 saturated heterocycles. The minimum absolute atomic E-state index is 0.104. The lowest BCUT2D eigenvalue weighted by atomic mass is 10.0. The van der Waals surface area contributed by atoms with Gasteiger partial charge in [0.1, 0.15) is 6.61 Å². The van der Waals surface area contributed by atoms with E-state index in [1.807, 2.05) is 6.07 Å². The van der Waals surface area contributed by atoms with Crippen LogP contribution in [0.25, 0.3) is 0 Å². The van der Waals surface area contributed by atoms with Crippen molar-refractivity contribution >= 4 is 17.7 Å². The average molecular weight is 444 g/mol. The number of carbonyl (C=O) groups excluding carboxylic acids is 2. The first-order valence-corrected chi connectivity index (χ1v) is 11.7. The second-order valence-electron chi connectivity index (χ2n) is 9.17. The van der Waals surface area contributed by atoms with E-state index in [2.05, 4.69) is 66.2 Å². The molecule has 176 valence electrons. The maximum atomic E-state index is 12.2. The van der Waals surface area contributed by atoms with E-state index in [1.165, 1.54) is 11.3 Å². The van der Waals surface area contributed by atoms with Gasteiger partial charge in [-0.1, -0.05) is 36.8 Å². The number of benzene rings is 1. The largest absolute Gasteiger partial charge is 0.462 e. The molecule has 3 rings (SSSR count). The molecule has 0 spiro atoms. The Morgan fingerprint density at radius 2 is 1.94 bits per heavy atom. The van der Waals surface area contributed by atoms with Crippen molar-refractivity contribution in [3.05, 3.63) is 42.0 Å². The Labute approximate surface area is 191 Å². The van der Waals surface area contributed by atoms with Crippen molar-refractivity contribution in [3.8, 4) is 0 Å². The number of hydrogen-bond donors (Lipinski definition) is 1. The van der Waals surface area contributed by atoms with Gasteiger partial charge in [-0.25, -0.2) is 4.79 Å². The van der Waals surface area contributed by atoms with Gasteiger partial charge < -0.3 is 19.7 Å². The molecule has 2 aliphatic heterocycles. The van der Waals surface area contributed by atoms with Crippen LogP contribution in [0.4, 0.5) is 10.5 Å². The molecule has 2 fully saturated rings. The number of anilines is 1. The third-order valence-electron chi connectivity index (χ3n) is 6.09. The molecule has 2 aliphatic rings. The van der Waals surface area contributed by atoms with Crippen molar-refractivity contribution in [2.24, 2.45) is 5.92 Å². The Morgan fingerprint density at radius 3 is 2.62 bits per heavy atom. The molecule has 3 atom stereocenters. The maximum Gasteiger partial charge on any atom is 0.408 e. The van der Waals surface area contributed by atoms with Crippen LogP contribution in [0.5, 0.6) is 0 Å². The topological polar surface area (TPSA) is 71.1 Å². The lowest BCUT2D eigenvalue weighted by Crippen LogP contribution is -2.52. The first kappa shape index (κ1) is 24.1. The molecule has 0 saturated carbocycles. The summed E-state index contributed by atoms with van der Waals surface area (Å²) in [6.07, 6.45) is 3.62. The zero-order valence-electron chi connectivity index (χ0n) is 19.6. The molecule has 2 heterocycles. The summed E-state index contributed by atoms with van der Waals surface area (Å²) in [4.78, 5) is 28.8. The predicted octanol–water partition coefficient (Wildman–Crippen LogP) is 3.60. The highest BCUT2D eigenvalue weighted by Crippen LogP contribution is 2.18. The summed E-state index contributed by atoms with van der Waals surface area (Å²) in [5.41, 5.74) is 2.53. The summed E-state index contributed by atoms with van der Waals surface area (Å²) < 4.78 is 10.8. The number of hydrogen-bond acceptors (Lipinski definition) is 6. The van der Waals surface area contributed by atoms with Crippen molar-refractivity contribution in [2.75, 3.05) is 44.2 Å². The summed E-state index contributed by atoms with van der Waals surface area (Å²) in [7, 11) is 0. The van der Waals surface area contributed by atoms with Gasteiger partial charge in [-0.2, -0.15) is 0 Å². The Balaban J connectivity index is 1.40. The molecule has 1 aromatic carbocycles. The molecule has 0 radical (unpaired) electrons. The fraction of sp³-hybridized carbons (Fsp3) is 0.600. The van der Waals surface area contributed by atoms with E-state index in [-0.39, 0.29) is 24.5 Å². The van der Waals surface area contributed by atoms with Crippen molar-refractivity contribution in [3.63, 3.8) is 0 Å². The normalized spacial score (nSPS) is 22.1.